The quantitative estimate of drug-likeness (QED) is 0.460. The molecule has 0 spiro atoms. The van der Waals surface area contributed by atoms with Crippen LogP contribution in [0.5, 0.6) is 0 Å². The minimum atomic E-state index is -0.0470. The number of carbonyl (C=O) groups is 2. The van der Waals surface area contributed by atoms with Crippen molar-refractivity contribution in [2.75, 3.05) is 19.6 Å². The van der Waals surface area contributed by atoms with Gasteiger partial charge in [0.05, 0.1) is 11.8 Å². The lowest BCUT2D eigenvalue weighted by molar-refractivity contribution is -0.144. The van der Waals surface area contributed by atoms with E-state index in [9.17, 15) is 9.59 Å². The van der Waals surface area contributed by atoms with Crippen LogP contribution >= 0.6 is 11.6 Å². The van der Waals surface area contributed by atoms with Gasteiger partial charge in [-0.25, -0.2) is 0 Å². The van der Waals surface area contributed by atoms with E-state index in [0.29, 0.717) is 23.7 Å². The normalized spacial score (nSPS) is 38.0. The van der Waals surface area contributed by atoms with Crippen LogP contribution in [-0.2, 0) is 16.0 Å². The van der Waals surface area contributed by atoms with Crippen LogP contribution in [0.15, 0.2) is 30.4 Å². The molecule has 1 aromatic rings. The first-order chi connectivity index (χ1) is 16.0. The van der Waals surface area contributed by atoms with E-state index in [2.05, 4.69) is 36.1 Å². The maximum absolute atomic E-state index is 13.1. The van der Waals surface area contributed by atoms with E-state index in [1.807, 2.05) is 6.07 Å². The number of allylic oxidation sites excluding steroid dienone is 2. The number of benzene rings is 1. The molecule has 0 radical (unpaired) electrons. The number of imide groups is 1. The van der Waals surface area contributed by atoms with Crippen molar-refractivity contribution >= 4 is 23.4 Å². The van der Waals surface area contributed by atoms with Crippen molar-refractivity contribution in [2.45, 2.75) is 63.8 Å². The first-order valence-corrected chi connectivity index (χ1v) is 13.4. The Bertz CT molecular complexity index is 952. The van der Waals surface area contributed by atoms with E-state index in [-0.39, 0.29) is 29.7 Å². The fraction of sp³-hybridized carbons (Fsp3) is 0.643. The number of fused-ring (bicyclic) bond motifs is 6. The predicted molar refractivity (Wildman–Crippen MR) is 130 cm³/mol. The number of hydrogen-bond donors (Lipinski definition) is 0. The van der Waals surface area contributed by atoms with Crippen LogP contribution in [0.2, 0.25) is 5.02 Å². The van der Waals surface area contributed by atoms with Crippen LogP contribution in [0.25, 0.3) is 0 Å². The van der Waals surface area contributed by atoms with Crippen LogP contribution in [0, 0.1) is 29.6 Å². The summed E-state index contributed by atoms with van der Waals surface area (Å²) in [6.07, 6.45) is 12.0. The van der Waals surface area contributed by atoms with Crippen LogP contribution < -0.4 is 0 Å². The monoisotopic (exact) mass is 466 g/mol. The molecule has 3 aliphatic carbocycles. The molecule has 0 unspecified atom stereocenters. The fourth-order valence-electron chi connectivity index (χ4n) is 7.65. The van der Waals surface area contributed by atoms with E-state index in [1.54, 1.807) is 4.90 Å². The summed E-state index contributed by atoms with van der Waals surface area (Å²) in [4.78, 5) is 30.6. The number of rotatable bonds is 4. The highest BCUT2D eigenvalue weighted by atomic mass is 35.5. The third kappa shape index (κ3) is 3.78. The second kappa shape index (κ2) is 8.53. The Balaban J connectivity index is 1.01. The predicted octanol–water partition coefficient (Wildman–Crippen LogP) is 5.06. The summed E-state index contributed by atoms with van der Waals surface area (Å²) in [5.74, 6) is 2.04. The Hall–Kier alpha value is -1.65. The van der Waals surface area contributed by atoms with Gasteiger partial charge in [0.1, 0.15) is 0 Å². The van der Waals surface area contributed by atoms with E-state index >= 15 is 0 Å². The molecule has 1 saturated heterocycles. The highest BCUT2D eigenvalue weighted by Gasteiger charge is 2.60. The van der Waals surface area contributed by atoms with Gasteiger partial charge in [-0.3, -0.25) is 14.5 Å². The summed E-state index contributed by atoms with van der Waals surface area (Å²) in [6, 6.07) is 6.52. The first kappa shape index (κ1) is 21.9. The Kier molecular flexibility index (Phi) is 5.65. The smallest absolute Gasteiger partial charge is 0.233 e. The van der Waals surface area contributed by atoms with Gasteiger partial charge in [-0.2, -0.15) is 0 Å². The van der Waals surface area contributed by atoms with E-state index < -0.39 is 0 Å². The summed E-state index contributed by atoms with van der Waals surface area (Å²) in [5, 5.41) is 0.841. The summed E-state index contributed by atoms with van der Waals surface area (Å²) in [7, 11) is 0. The van der Waals surface area contributed by atoms with Gasteiger partial charge in [-0.15, -0.1) is 0 Å². The average molecular weight is 467 g/mol. The van der Waals surface area contributed by atoms with Gasteiger partial charge in [-0.1, -0.05) is 36.7 Å². The van der Waals surface area contributed by atoms with Crippen molar-refractivity contribution in [3.05, 3.63) is 46.5 Å². The topological polar surface area (TPSA) is 40.6 Å². The third-order valence-corrected chi connectivity index (χ3v) is 9.64. The molecule has 2 aliphatic heterocycles. The minimum Gasteiger partial charge on any atom is -0.302 e. The van der Waals surface area contributed by atoms with Gasteiger partial charge in [0, 0.05) is 24.2 Å². The molecule has 4 nitrogen and oxygen atoms in total. The van der Waals surface area contributed by atoms with Gasteiger partial charge in [0.25, 0.3) is 0 Å². The molecule has 5 heteroatoms. The number of likely N-dealkylation sites (tertiary alicyclic amines) is 1. The molecule has 2 amide bonds. The fourth-order valence-corrected chi connectivity index (χ4v) is 7.83. The molecule has 0 N–H and O–H groups in total. The van der Waals surface area contributed by atoms with Gasteiger partial charge < -0.3 is 4.90 Å². The second-order valence-electron chi connectivity index (χ2n) is 11.3. The molecule has 3 fully saturated rings. The average Bonchev–Trinajstić information content (AvgIpc) is 3.47. The van der Waals surface area contributed by atoms with Gasteiger partial charge in [0.2, 0.25) is 11.8 Å². The van der Waals surface area contributed by atoms with E-state index in [0.717, 1.165) is 63.2 Å². The van der Waals surface area contributed by atoms with Gasteiger partial charge >= 0.3 is 0 Å². The maximum Gasteiger partial charge on any atom is 0.233 e. The zero-order valence-electron chi connectivity index (χ0n) is 19.6. The second-order valence-corrected chi connectivity index (χ2v) is 11.7. The number of nitrogens with zero attached hydrogens (tertiary/aromatic N) is 2. The summed E-state index contributed by atoms with van der Waals surface area (Å²) < 4.78 is 0. The highest BCUT2D eigenvalue weighted by Crippen LogP contribution is 2.53. The summed E-state index contributed by atoms with van der Waals surface area (Å²) in [6.45, 7) is 5.67. The lowest BCUT2D eigenvalue weighted by atomic mass is 9.83. The molecule has 1 aromatic carbocycles. The highest BCUT2D eigenvalue weighted by molar-refractivity contribution is 6.30. The van der Waals surface area contributed by atoms with E-state index in [4.69, 9.17) is 11.6 Å². The standard InChI is InChI=1S/C28H35ClN2O2/c1-17-16-30(13-11-19-6-7-22(29)15-24(17)19)12-10-18-2-8-23(9-3-18)31-27(32)25-20-4-5-21(14-20)26(25)28(31)33/h4-7,15,17-18,20-21,23,25-26H,2-3,8-14,16H2,1H3/t17-,18?,20-,21+,23?,25-,26+/m0/s1. The number of carbonyl (C=O) groups excluding carboxylic acids is 2. The zero-order valence-corrected chi connectivity index (χ0v) is 20.3. The lowest BCUT2D eigenvalue weighted by Gasteiger charge is -2.35. The molecule has 2 heterocycles. The molecule has 0 aromatic heterocycles. The third-order valence-electron chi connectivity index (χ3n) is 9.41. The van der Waals surface area contributed by atoms with Crippen LogP contribution in [0.4, 0.5) is 0 Å². The molecule has 6 rings (SSSR count). The Morgan fingerprint density at radius 1 is 1.00 bits per heavy atom. The van der Waals surface area contributed by atoms with Crippen molar-refractivity contribution in [1.82, 2.24) is 9.80 Å². The Labute approximate surface area is 202 Å². The first-order valence-electron chi connectivity index (χ1n) is 13.1. The molecular formula is C28H35ClN2O2. The molecule has 5 aliphatic rings. The maximum atomic E-state index is 13.1. The molecule has 2 saturated carbocycles. The number of hydrogen-bond acceptors (Lipinski definition) is 3. The van der Waals surface area contributed by atoms with Crippen molar-refractivity contribution in [3.63, 3.8) is 0 Å². The Morgan fingerprint density at radius 2 is 1.70 bits per heavy atom. The molecule has 33 heavy (non-hydrogen) atoms. The molecule has 176 valence electrons. The van der Waals surface area contributed by atoms with Crippen molar-refractivity contribution in [2.24, 2.45) is 29.6 Å². The van der Waals surface area contributed by atoms with E-state index in [1.165, 1.54) is 17.5 Å². The Morgan fingerprint density at radius 3 is 2.39 bits per heavy atom. The van der Waals surface area contributed by atoms with Crippen molar-refractivity contribution < 1.29 is 9.59 Å². The zero-order chi connectivity index (χ0) is 22.7. The van der Waals surface area contributed by atoms with Crippen LogP contribution in [-0.4, -0.2) is 47.3 Å². The van der Waals surface area contributed by atoms with Crippen molar-refractivity contribution in [3.8, 4) is 0 Å². The largest absolute Gasteiger partial charge is 0.302 e. The molecule has 5 atom stereocenters. The number of halogens is 1. The number of amides is 2. The summed E-state index contributed by atoms with van der Waals surface area (Å²) >= 11 is 6.25. The minimum absolute atomic E-state index is 0.0470. The van der Waals surface area contributed by atoms with Crippen LogP contribution in [0.3, 0.4) is 0 Å². The molecular weight excluding hydrogens is 432 g/mol. The summed E-state index contributed by atoms with van der Waals surface area (Å²) in [5.41, 5.74) is 2.86. The van der Waals surface area contributed by atoms with Crippen LogP contribution in [0.1, 0.15) is 62.5 Å². The lowest BCUT2D eigenvalue weighted by Crippen LogP contribution is -2.43. The van der Waals surface area contributed by atoms with Gasteiger partial charge in [0.15, 0.2) is 0 Å². The molecule has 2 bridgehead atoms. The van der Waals surface area contributed by atoms with Crippen molar-refractivity contribution in [1.29, 1.82) is 0 Å². The van der Waals surface area contributed by atoms with Gasteiger partial charge in [-0.05, 0) is 98.4 Å². The SMILES string of the molecule is C[C@H]1CN(CCC2CCC(N3C(=O)[C@@H]4[C@H](C3=O)[C@@H]3C=C[C@H]4C3)CC2)CCc2ccc(Cl)cc21.